The van der Waals surface area contributed by atoms with Crippen LogP contribution in [-0.2, 0) is 0 Å². The molecule has 2 aromatic carbocycles. The summed E-state index contributed by atoms with van der Waals surface area (Å²) in [5, 5.41) is 0. The van der Waals surface area contributed by atoms with E-state index in [4.69, 9.17) is 15.2 Å². The lowest BCUT2D eigenvalue weighted by Crippen LogP contribution is -1.93. The molecule has 0 saturated heterocycles. The van der Waals surface area contributed by atoms with Gasteiger partial charge in [0.25, 0.3) is 0 Å². The lowest BCUT2D eigenvalue weighted by molar-refractivity contribution is 0.353. The van der Waals surface area contributed by atoms with Crippen molar-refractivity contribution in [2.24, 2.45) is 0 Å². The van der Waals surface area contributed by atoms with Gasteiger partial charge in [-0.15, -0.1) is 0 Å². The number of imidazole rings is 1. The molecule has 0 aliphatic carbocycles. The zero-order valence-electron chi connectivity index (χ0n) is 11.6. The molecule has 0 saturated carbocycles. The number of aromatic nitrogens is 2. The van der Waals surface area contributed by atoms with E-state index in [2.05, 4.69) is 25.9 Å². The lowest BCUT2D eigenvalue weighted by Gasteiger charge is -2.10. The molecule has 0 aliphatic heterocycles. The summed E-state index contributed by atoms with van der Waals surface area (Å²) < 4.78 is 11.5. The number of nitrogen functional groups attached to an aromatic ring is 1. The maximum atomic E-state index is 5.79. The average Bonchev–Trinajstić information content (AvgIpc) is 2.89. The molecule has 0 aliphatic rings. The number of nitrogens with zero attached hydrogens (tertiary/aromatic N) is 1. The summed E-state index contributed by atoms with van der Waals surface area (Å²) in [7, 11) is 3.21. The van der Waals surface area contributed by atoms with Crippen LogP contribution in [0.15, 0.2) is 34.8 Å². The molecule has 0 fully saturated rings. The molecule has 1 heterocycles. The fraction of sp³-hybridized carbons (Fsp3) is 0.133. The Morgan fingerprint density at radius 3 is 2.67 bits per heavy atom. The lowest BCUT2D eigenvalue weighted by atomic mass is 10.2. The highest BCUT2D eigenvalue weighted by molar-refractivity contribution is 9.10. The van der Waals surface area contributed by atoms with Crippen LogP contribution in [0.2, 0.25) is 0 Å². The zero-order chi connectivity index (χ0) is 15.0. The molecule has 5 nitrogen and oxygen atoms in total. The predicted octanol–water partition coefficient (Wildman–Crippen LogP) is 3.59. The molecular formula is C15H14BrN3O2. The largest absolute Gasteiger partial charge is 0.493 e. The van der Waals surface area contributed by atoms with Gasteiger partial charge in [-0.1, -0.05) is 0 Å². The second-order valence-corrected chi connectivity index (χ2v) is 5.41. The SMILES string of the molecule is COc1cc(-c2nc3ccc(N)cc3[nH]2)cc(Br)c1OC. The molecule has 3 rings (SSSR count). The molecule has 0 unspecified atom stereocenters. The number of nitrogens with two attached hydrogens (primary N) is 1. The monoisotopic (exact) mass is 347 g/mol. The van der Waals surface area contributed by atoms with Gasteiger partial charge < -0.3 is 20.2 Å². The second kappa shape index (κ2) is 5.29. The number of hydrogen-bond acceptors (Lipinski definition) is 4. The van der Waals surface area contributed by atoms with E-state index in [0.29, 0.717) is 17.2 Å². The smallest absolute Gasteiger partial charge is 0.174 e. The maximum Gasteiger partial charge on any atom is 0.174 e. The normalized spacial score (nSPS) is 10.8. The number of rotatable bonds is 3. The van der Waals surface area contributed by atoms with E-state index in [1.807, 2.05) is 30.3 Å². The Morgan fingerprint density at radius 1 is 1.14 bits per heavy atom. The minimum absolute atomic E-state index is 0.641. The number of halogens is 1. The number of methoxy groups -OCH3 is 2. The molecule has 6 heteroatoms. The third-order valence-corrected chi connectivity index (χ3v) is 3.80. The van der Waals surface area contributed by atoms with Gasteiger partial charge in [0.05, 0.1) is 29.7 Å². The van der Waals surface area contributed by atoms with Crippen LogP contribution < -0.4 is 15.2 Å². The molecule has 0 atom stereocenters. The molecule has 3 aromatic rings. The number of fused-ring (bicyclic) bond motifs is 1. The Labute approximate surface area is 130 Å². The van der Waals surface area contributed by atoms with Crippen molar-refractivity contribution in [1.29, 1.82) is 0 Å². The van der Waals surface area contributed by atoms with Gasteiger partial charge in [-0.25, -0.2) is 4.98 Å². The molecule has 108 valence electrons. The Balaban J connectivity index is 2.15. The van der Waals surface area contributed by atoms with E-state index in [1.54, 1.807) is 14.2 Å². The molecule has 1 aromatic heterocycles. The number of benzene rings is 2. The maximum absolute atomic E-state index is 5.79. The van der Waals surface area contributed by atoms with E-state index in [9.17, 15) is 0 Å². The quantitative estimate of drug-likeness (QED) is 0.710. The van der Waals surface area contributed by atoms with Gasteiger partial charge in [0.2, 0.25) is 0 Å². The van der Waals surface area contributed by atoms with Crippen LogP contribution in [0.25, 0.3) is 22.4 Å². The molecule has 0 amide bonds. The summed E-state index contributed by atoms with van der Waals surface area (Å²) in [4.78, 5) is 7.83. The Bertz CT molecular complexity index is 814. The summed E-state index contributed by atoms with van der Waals surface area (Å²) in [6.07, 6.45) is 0. The van der Waals surface area contributed by atoms with Crippen LogP contribution in [0.4, 0.5) is 5.69 Å². The van der Waals surface area contributed by atoms with E-state index in [1.165, 1.54) is 0 Å². The van der Waals surface area contributed by atoms with Crippen molar-refractivity contribution in [3.05, 3.63) is 34.8 Å². The number of H-pyrrole nitrogens is 1. The Morgan fingerprint density at radius 2 is 1.95 bits per heavy atom. The van der Waals surface area contributed by atoms with Crippen LogP contribution in [0, 0.1) is 0 Å². The van der Waals surface area contributed by atoms with Gasteiger partial charge in [-0.2, -0.15) is 0 Å². The first-order chi connectivity index (χ1) is 10.1. The minimum atomic E-state index is 0.641. The van der Waals surface area contributed by atoms with Crippen LogP contribution in [0.3, 0.4) is 0 Å². The van der Waals surface area contributed by atoms with Gasteiger partial charge in [-0.05, 0) is 46.3 Å². The molecule has 0 spiro atoms. The van der Waals surface area contributed by atoms with Crippen molar-refractivity contribution >= 4 is 32.7 Å². The summed E-state index contributed by atoms with van der Waals surface area (Å²) in [5.74, 6) is 2.04. The second-order valence-electron chi connectivity index (χ2n) is 4.56. The molecule has 3 N–H and O–H groups in total. The van der Waals surface area contributed by atoms with Crippen LogP contribution in [-0.4, -0.2) is 24.2 Å². The van der Waals surface area contributed by atoms with E-state index < -0.39 is 0 Å². The van der Waals surface area contributed by atoms with Crippen LogP contribution in [0.1, 0.15) is 0 Å². The van der Waals surface area contributed by atoms with Gasteiger partial charge >= 0.3 is 0 Å². The number of nitrogens with one attached hydrogen (secondary N) is 1. The summed E-state index contributed by atoms with van der Waals surface area (Å²) in [6.45, 7) is 0. The first-order valence-electron chi connectivity index (χ1n) is 6.29. The minimum Gasteiger partial charge on any atom is -0.493 e. The Hall–Kier alpha value is -2.21. The molecular weight excluding hydrogens is 334 g/mol. The van der Waals surface area contributed by atoms with Crippen LogP contribution >= 0.6 is 15.9 Å². The number of anilines is 1. The highest BCUT2D eigenvalue weighted by Gasteiger charge is 2.14. The Kier molecular flexibility index (Phi) is 3.47. The van der Waals surface area contributed by atoms with E-state index in [-0.39, 0.29) is 0 Å². The van der Waals surface area contributed by atoms with E-state index in [0.717, 1.165) is 26.9 Å². The van der Waals surface area contributed by atoms with Gasteiger partial charge in [0.1, 0.15) is 5.82 Å². The molecule has 0 bridgehead atoms. The van der Waals surface area contributed by atoms with Crippen molar-refractivity contribution < 1.29 is 9.47 Å². The first-order valence-corrected chi connectivity index (χ1v) is 7.09. The van der Waals surface area contributed by atoms with Crippen molar-refractivity contribution in [2.45, 2.75) is 0 Å². The van der Waals surface area contributed by atoms with Crippen molar-refractivity contribution in [2.75, 3.05) is 20.0 Å². The summed E-state index contributed by atoms with van der Waals surface area (Å²) in [5.41, 5.74) is 9.15. The van der Waals surface area contributed by atoms with Crippen molar-refractivity contribution in [1.82, 2.24) is 9.97 Å². The predicted molar refractivity (Wildman–Crippen MR) is 86.7 cm³/mol. The highest BCUT2D eigenvalue weighted by atomic mass is 79.9. The topological polar surface area (TPSA) is 73.2 Å². The standard InChI is InChI=1S/C15H14BrN3O2/c1-20-13-6-8(5-10(16)14(13)21-2)15-18-11-4-3-9(17)7-12(11)19-15/h3-7H,17H2,1-2H3,(H,18,19). The van der Waals surface area contributed by atoms with Crippen molar-refractivity contribution in [3.8, 4) is 22.9 Å². The fourth-order valence-electron chi connectivity index (χ4n) is 2.22. The highest BCUT2D eigenvalue weighted by Crippen LogP contribution is 2.39. The first kappa shape index (κ1) is 13.8. The average molecular weight is 348 g/mol. The number of hydrogen-bond donors (Lipinski definition) is 2. The van der Waals surface area contributed by atoms with Gasteiger partial charge in [0.15, 0.2) is 11.5 Å². The third-order valence-electron chi connectivity index (χ3n) is 3.21. The molecule has 0 radical (unpaired) electrons. The number of ether oxygens (including phenoxy) is 2. The summed E-state index contributed by atoms with van der Waals surface area (Å²) >= 11 is 3.49. The van der Waals surface area contributed by atoms with Gasteiger partial charge in [0, 0.05) is 11.3 Å². The fourth-order valence-corrected chi connectivity index (χ4v) is 2.82. The molecule has 21 heavy (non-hydrogen) atoms. The van der Waals surface area contributed by atoms with Gasteiger partial charge in [-0.3, -0.25) is 0 Å². The zero-order valence-corrected chi connectivity index (χ0v) is 13.2. The van der Waals surface area contributed by atoms with E-state index >= 15 is 0 Å². The third kappa shape index (κ3) is 2.42. The van der Waals surface area contributed by atoms with Crippen LogP contribution in [0.5, 0.6) is 11.5 Å². The van der Waals surface area contributed by atoms with Crippen molar-refractivity contribution in [3.63, 3.8) is 0 Å². The summed E-state index contributed by atoms with van der Waals surface area (Å²) in [6, 6.07) is 9.40. The number of aromatic amines is 1.